The zero-order chi connectivity index (χ0) is 15.6. The van der Waals surface area contributed by atoms with Gasteiger partial charge in [0, 0.05) is 6.42 Å². The SMILES string of the molecule is N#Cc1ccc(S(=O)(=O)NC2CCC(=O)NC2=O)cc1Cl. The molecule has 2 rings (SSSR count). The van der Waals surface area contributed by atoms with E-state index in [2.05, 4.69) is 10.0 Å². The van der Waals surface area contributed by atoms with Crippen molar-refractivity contribution in [3.63, 3.8) is 0 Å². The van der Waals surface area contributed by atoms with Crippen molar-refractivity contribution in [1.82, 2.24) is 10.0 Å². The second-order valence-electron chi connectivity index (χ2n) is 4.38. The first-order valence-corrected chi connectivity index (χ1v) is 7.75. The second kappa shape index (κ2) is 5.81. The van der Waals surface area contributed by atoms with Crippen molar-refractivity contribution in [3.05, 3.63) is 28.8 Å². The Hall–Kier alpha value is -1.95. The summed E-state index contributed by atoms with van der Waals surface area (Å²) in [4.78, 5) is 22.4. The lowest BCUT2D eigenvalue weighted by Gasteiger charge is -2.21. The molecule has 2 N–H and O–H groups in total. The molecule has 1 unspecified atom stereocenters. The zero-order valence-electron chi connectivity index (χ0n) is 10.6. The second-order valence-corrected chi connectivity index (χ2v) is 6.50. The van der Waals surface area contributed by atoms with Gasteiger partial charge in [0.15, 0.2) is 0 Å². The van der Waals surface area contributed by atoms with E-state index in [0.29, 0.717) is 0 Å². The standard InChI is InChI=1S/C12H10ClN3O4S/c13-9-5-8(2-1-7(9)6-14)21(19,20)16-10-3-4-11(17)15-12(10)18/h1-2,5,10,16H,3-4H2,(H,15,17,18). The average molecular weight is 328 g/mol. The fourth-order valence-corrected chi connectivity index (χ4v) is 3.36. The first kappa shape index (κ1) is 15.4. The lowest BCUT2D eigenvalue weighted by atomic mass is 10.1. The van der Waals surface area contributed by atoms with Crippen LogP contribution >= 0.6 is 11.6 Å². The molecule has 1 aliphatic heterocycles. The Labute approximate surface area is 125 Å². The lowest BCUT2D eigenvalue weighted by Crippen LogP contribution is -2.52. The number of benzene rings is 1. The highest BCUT2D eigenvalue weighted by Gasteiger charge is 2.30. The third-order valence-corrected chi connectivity index (χ3v) is 4.69. The molecule has 0 spiro atoms. The molecule has 7 nitrogen and oxygen atoms in total. The van der Waals surface area contributed by atoms with Gasteiger partial charge in [-0.05, 0) is 24.6 Å². The van der Waals surface area contributed by atoms with Gasteiger partial charge in [-0.15, -0.1) is 0 Å². The smallest absolute Gasteiger partial charge is 0.244 e. The summed E-state index contributed by atoms with van der Waals surface area (Å²) in [6.07, 6.45) is 0.154. The summed E-state index contributed by atoms with van der Waals surface area (Å²) in [7, 11) is -3.97. The number of hydrogen-bond acceptors (Lipinski definition) is 5. The number of carbonyl (C=O) groups excluding carboxylic acids is 2. The monoisotopic (exact) mass is 327 g/mol. The largest absolute Gasteiger partial charge is 0.295 e. The molecular formula is C12H10ClN3O4S. The van der Waals surface area contributed by atoms with E-state index in [1.54, 1.807) is 0 Å². The number of amides is 2. The predicted molar refractivity (Wildman–Crippen MR) is 72.7 cm³/mol. The van der Waals surface area contributed by atoms with Gasteiger partial charge < -0.3 is 0 Å². The third kappa shape index (κ3) is 3.39. The molecule has 1 fully saturated rings. The van der Waals surface area contributed by atoms with Crippen LogP contribution in [0.1, 0.15) is 18.4 Å². The summed E-state index contributed by atoms with van der Waals surface area (Å²) in [5.41, 5.74) is 0.150. The minimum Gasteiger partial charge on any atom is -0.295 e. The molecule has 21 heavy (non-hydrogen) atoms. The number of carbonyl (C=O) groups is 2. The summed E-state index contributed by atoms with van der Waals surface area (Å²) in [6, 6.07) is 4.44. The molecule has 0 aromatic heterocycles. The molecule has 0 bridgehead atoms. The molecule has 2 amide bonds. The van der Waals surface area contributed by atoms with Gasteiger partial charge in [0.1, 0.15) is 12.1 Å². The molecular weight excluding hydrogens is 318 g/mol. The van der Waals surface area contributed by atoms with E-state index in [-0.39, 0.29) is 28.3 Å². The molecule has 1 atom stereocenters. The number of hydrogen-bond donors (Lipinski definition) is 2. The maximum atomic E-state index is 12.2. The van der Waals surface area contributed by atoms with Crippen molar-refractivity contribution in [2.24, 2.45) is 0 Å². The number of rotatable bonds is 3. The Balaban J connectivity index is 2.23. The van der Waals surface area contributed by atoms with Crippen LogP contribution in [0.5, 0.6) is 0 Å². The van der Waals surface area contributed by atoms with E-state index in [4.69, 9.17) is 16.9 Å². The molecule has 1 heterocycles. The van der Waals surface area contributed by atoms with Gasteiger partial charge in [-0.25, -0.2) is 8.42 Å². The van der Waals surface area contributed by atoms with Crippen molar-refractivity contribution in [1.29, 1.82) is 5.26 Å². The van der Waals surface area contributed by atoms with Crippen LogP contribution < -0.4 is 10.0 Å². The fourth-order valence-electron chi connectivity index (χ4n) is 1.81. The van der Waals surface area contributed by atoms with Gasteiger partial charge in [-0.2, -0.15) is 9.98 Å². The number of nitriles is 1. The Morgan fingerprint density at radius 3 is 2.67 bits per heavy atom. The highest BCUT2D eigenvalue weighted by atomic mass is 35.5. The minimum absolute atomic E-state index is 0.00338. The first-order chi connectivity index (χ1) is 9.83. The van der Waals surface area contributed by atoms with Crippen LogP contribution in [0.4, 0.5) is 0 Å². The number of nitrogens with one attached hydrogen (secondary N) is 2. The molecule has 1 aromatic rings. The zero-order valence-corrected chi connectivity index (χ0v) is 12.2. The summed E-state index contributed by atoms with van der Waals surface area (Å²) in [5.74, 6) is -1.12. The highest BCUT2D eigenvalue weighted by Crippen LogP contribution is 2.20. The Bertz CT molecular complexity index is 754. The first-order valence-electron chi connectivity index (χ1n) is 5.89. The Kier molecular flexibility index (Phi) is 4.27. The van der Waals surface area contributed by atoms with Crippen molar-refractivity contribution < 1.29 is 18.0 Å². The molecule has 1 aromatic carbocycles. The van der Waals surface area contributed by atoms with Crippen LogP contribution in [-0.2, 0) is 19.6 Å². The van der Waals surface area contributed by atoms with Gasteiger partial charge in [-0.1, -0.05) is 11.6 Å². The van der Waals surface area contributed by atoms with Gasteiger partial charge in [0.2, 0.25) is 21.8 Å². The Morgan fingerprint density at radius 2 is 2.10 bits per heavy atom. The molecule has 1 saturated heterocycles. The van der Waals surface area contributed by atoms with Crippen LogP contribution in [0.3, 0.4) is 0 Å². The molecule has 110 valence electrons. The van der Waals surface area contributed by atoms with E-state index in [9.17, 15) is 18.0 Å². The molecule has 0 saturated carbocycles. The van der Waals surface area contributed by atoms with Gasteiger partial charge in [-0.3, -0.25) is 14.9 Å². The quantitative estimate of drug-likeness (QED) is 0.774. The summed E-state index contributed by atoms with van der Waals surface area (Å²) in [5, 5.41) is 10.8. The number of halogens is 1. The maximum absolute atomic E-state index is 12.2. The van der Waals surface area contributed by atoms with E-state index in [1.165, 1.54) is 12.1 Å². The van der Waals surface area contributed by atoms with Crippen molar-refractivity contribution in [2.45, 2.75) is 23.8 Å². The third-order valence-electron chi connectivity index (χ3n) is 2.91. The van der Waals surface area contributed by atoms with Crippen LogP contribution in [0.15, 0.2) is 23.1 Å². The lowest BCUT2D eigenvalue weighted by molar-refractivity contribution is -0.134. The fraction of sp³-hybridized carbons (Fsp3) is 0.250. The number of piperidine rings is 1. The van der Waals surface area contributed by atoms with E-state index < -0.39 is 27.9 Å². The normalized spacial score (nSPS) is 19.0. The predicted octanol–water partition coefficient (Wildman–Crippen LogP) is 0.295. The van der Waals surface area contributed by atoms with Crippen molar-refractivity contribution in [2.75, 3.05) is 0 Å². The molecule has 1 aliphatic rings. The summed E-state index contributed by atoms with van der Waals surface area (Å²) < 4.78 is 26.5. The molecule has 0 aliphatic carbocycles. The molecule has 9 heteroatoms. The Morgan fingerprint density at radius 1 is 1.38 bits per heavy atom. The highest BCUT2D eigenvalue weighted by molar-refractivity contribution is 7.89. The maximum Gasteiger partial charge on any atom is 0.244 e. The topological polar surface area (TPSA) is 116 Å². The van der Waals surface area contributed by atoms with Crippen LogP contribution in [0, 0.1) is 11.3 Å². The van der Waals surface area contributed by atoms with E-state index >= 15 is 0 Å². The van der Waals surface area contributed by atoms with Crippen LogP contribution in [-0.4, -0.2) is 26.3 Å². The van der Waals surface area contributed by atoms with Crippen LogP contribution in [0.2, 0.25) is 5.02 Å². The van der Waals surface area contributed by atoms with Gasteiger partial charge in [0.25, 0.3) is 0 Å². The van der Waals surface area contributed by atoms with Crippen molar-refractivity contribution >= 4 is 33.4 Å². The number of sulfonamides is 1. The molecule has 0 radical (unpaired) electrons. The minimum atomic E-state index is -3.97. The number of nitrogens with zero attached hydrogens (tertiary/aromatic N) is 1. The van der Waals surface area contributed by atoms with E-state index in [0.717, 1.165) is 6.07 Å². The van der Waals surface area contributed by atoms with Crippen molar-refractivity contribution in [3.8, 4) is 6.07 Å². The van der Waals surface area contributed by atoms with Gasteiger partial charge in [0.05, 0.1) is 15.5 Å². The van der Waals surface area contributed by atoms with Crippen LogP contribution in [0.25, 0.3) is 0 Å². The van der Waals surface area contributed by atoms with Gasteiger partial charge >= 0.3 is 0 Å². The average Bonchev–Trinajstić information content (AvgIpc) is 2.42. The summed E-state index contributed by atoms with van der Waals surface area (Å²) in [6.45, 7) is 0. The van der Waals surface area contributed by atoms with E-state index in [1.807, 2.05) is 6.07 Å². The summed E-state index contributed by atoms with van der Waals surface area (Å²) >= 11 is 5.79. The number of imide groups is 1.